The molecule has 0 saturated heterocycles. The zero-order chi connectivity index (χ0) is 14.8. The highest BCUT2D eigenvalue weighted by molar-refractivity contribution is 7.90. The Morgan fingerprint density at radius 3 is 2.67 bits per heavy atom. The average Bonchev–Trinajstić information content (AvgIpc) is 3.15. The van der Waals surface area contributed by atoms with Crippen molar-refractivity contribution >= 4 is 22.5 Å². The number of rotatable bonds is 3. The van der Waals surface area contributed by atoms with E-state index in [1.54, 1.807) is 6.26 Å². The van der Waals surface area contributed by atoms with Crippen molar-refractivity contribution in [3.8, 4) is 0 Å². The first-order chi connectivity index (χ1) is 10.2. The van der Waals surface area contributed by atoms with Crippen LogP contribution >= 0.6 is 0 Å². The van der Waals surface area contributed by atoms with E-state index in [2.05, 4.69) is 5.16 Å². The van der Waals surface area contributed by atoms with Gasteiger partial charge >= 0.3 is 0 Å². The van der Waals surface area contributed by atoms with E-state index >= 15 is 0 Å². The van der Waals surface area contributed by atoms with Crippen LogP contribution in [0, 0.1) is 5.92 Å². The molecule has 1 atom stereocenters. The van der Waals surface area contributed by atoms with E-state index in [0.717, 1.165) is 34.6 Å². The van der Waals surface area contributed by atoms with Gasteiger partial charge in [-0.05, 0) is 54.4 Å². The van der Waals surface area contributed by atoms with E-state index in [9.17, 15) is 9.76 Å². The quantitative estimate of drug-likeness (QED) is 0.521. The Labute approximate surface area is 128 Å². The van der Waals surface area contributed by atoms with E-state index in [0.29, 0.717) is 5.92 Å². The molecule has 0 spiro atoms. The lowest BCUT2D eigenvalue weighted by molar-refractivity contribution is 0.319. The summed E-state index contributed by atoms with van der Waals surface area (Å²) in [6.45, 7) is 0. The molecular weight excluding hydrogens is 282 g/mol. The van der Waals surface area contributed by atoms with Gasteiger partial charge in [-0.15, -0.1) is 0 Å². The average molecular weight is 303 g/mol. The maximum Gasteiger partial charge on any atom is 0.153 e. The first kappa shape index (κ1) is 14.7. The third kappa shape index (κ3) is 2.87. The van der Waals surface area contributed by atoms with Crippen molar-refractivity contribution in [3.05, 3.63) is 35.4 Å². The van der Waals surface area contributed by atoms with Crippen molar-refractivity contribution in [1.29, 1.82) is 0 Å². The molecule has 1 aromatic carbocycles. The lowest BCUT2D eigenvalue weighted by atomic mass is 9.91. The van der Waals surface area contributed by atoms with Crippen LogP contribution < -0.4 is 0 Å². The van der Waals surface area contributed by atoms with Gasteiger partial charge in [0, 0.05) is 11.6 Å². The molecule has 1 aromatic rings. The smallest absolute Gasteiger partial charge is 0.153 e. The monoisotopic (exact) mass is 303 g/mol. The summed E-state index contributed by atoms with van der Waals surface area (Å²) in [6, 6.07) is 7.85. The molecule has 2 aliphatic carbocycles. The molecule has 0 bridgehead atoms. The SMILES string of the molecule is C[S+]([O-])c1cccc(C2=C(C3CCCC3)CCC2=NO)c1. The van der Waals surface area contributed by atoms with Crippen LogP contribution in [0.3, 0.4) is 0 Å². The number of hydrogen-bond donors (Lipinski definition) is 1. The molecular formula is C17H21NO2S. The summed E-state index contributed by atoms with van der Waals surface area (Å²) in [5, 5.41) is 12.9. The van der Waals surface area contributed by atoms with Crippen molar-refractivity contribution in [2.45, 2.75) is 43.4 Å². The standard InChI is InChI=1S/C17H21NO2S/c1-21(20)14-8-4-7-13(11-14)17-15(9-10-16(17)18-19)12-5-2-3-6-12/h4,7-8,11-12,19H,2-3,5-6,9-10H2,1H3. The minimum atomic E-state index is -0.991. The fraction of sp³-hybridized carbons (Fsp3) is 0.471. The van der Waals surface area contributed by atoms with Crippen molar-refractivity contribution in [2.75, 3.05) is 6.26 Å². The van der Waals surface area contributed by atoms with Crippen LogP contribution in [-0.2, 0) is 11.2 Å². The summed E-state index contributed by atoms with van der Waals surface area (Å²) in [5.41, 5.74) is 4.39. The van der Waals surface area contributed by atoms with Gasteiger partial charge in [-0.1, -0.05) is 35.7 Å². The fourth-order valence-electron chi connectivity index (χ4n) is 3.65. The third-order valence-electron chi connectivity index (χ3n) is 4.66. The predicted octanol–water partition coefficient (Wildman–Crippen LogP) is 3.99. The van der Waals surface area contributed by atoms with Gasteiger partial charge < -0.3 is 9.76 Å². The van der Waals surface area contributed by atoms with Crippen LogP contribution in [0.4, 0.5) is 0 Å². The molecule has 0 radical (unpaired) electrons. The summed E-state index contributed by atoms with van der Waals surface area (Å²) in [4.78, 5) is 0.829. The molecule has 4 heteroatoms. The second kappa shape index (κ2) is 6.24. The summed E-state index contributed by atoms with van der Waals surface area (Å²) in [6.07, 6.45) is 8.60. The number of allylic oxidation sites excluding steroid dienone is 2. The Kier molecular flexibility index (Phi) is 4.36. The minimum Gasteiger partial charge on any atom is -0.612 e. The van der Waals surface area contributed by atoms with Gasteiger partial charge in [0.25, 0.3) is 0 Å². The largest absolute Gasteiger partial charge is 0.612 e. The van der Waals surface area contributed by atoms with Crippen LogP contribution in [0.2, 0.25) is 0 Å². The van der Waals surface area contributed by atoms with Crippen molar-refractivity contribution in [3.63, 3.8) is 0 Å². The number of hydrogen-bond acceptors (Lipinski definition) is 3. The first-order valence-electron chi connectivity index (χ1n) is 7.59. The molecule has 0 heterocycles. The molecule has 0 amide bonds. The van der Waals surface area contributed by atoms with E-state index < -0.39 is 11.2 Å². The summed E-state index contributed by atoms with van der Waals surface area (Å²) in [5.74, 6) is 0.634. The van der Waals surface area contributed by atoms with Crippen molar-refractivity contribution < 1.29 is 9.76 Å². The Morgan fingerprint density at radius 1 is 1.24 bits per heavy atom. The molecule has 21 heavy (non-hydrogen) atoms. The summed E-state index contributed by atoms with van der Waals surface area (Å²) in [7, 11) is 0. The van der Waals surface area contributed by atoms with Crippen molar-refractivity contribution in [1.82, 2.24) is 0 Å². The maximum absolute atomic E-state index is 11.7. The second-order valence-electron chi connectivity index (χ2n) is 5.91. The first-order valence-corrected chi connectivity index (χ1v) is 9.14. The molecule has 0 aliphatic heterocycles. The lowest BCUT2D eigenvalue weighted by Gasteiger charge is -2.15. The summed E-state index contributed by atoms with van der Waals surface area (Å²) < 4.78 is 11.7. The zero-order valence-corrected chi connectivity index (χ0v) is 13.2. The van der Waals surface area contributed by atoms with Gasteiger partial charge in [0.2, 0.25) is 0 Å². The van der Waals surface area contributed by atoms with Gasteiger partial charge in [-0.25, -0.2) is 0 Å². The Bertz CT molecular complexity index is 586. The topological polar surface area (TPSA) is 55.7 Å². The molecule has 1 unspecified atom stereocenters. The van der Waals surface area contributed by atoms with Gasteiger partial charge in [0.15, 0.2) is 4.90 Å². The fourth-order valence-corrected chi connectivity index (χ4v) is 4.22. The van der Waals surface area contributed by atoms with Crippen LogP contribution in [0.15, 0.2) is 39.9 Å². The molecule has 1 N–H and O–H groups in total. The van der Waals surface area contributed by atoms with Crippen molar-refractivity contribution in [2.24, 2.45) is 11.1 Å². The number of oxime groups is 1. The Balaban J connectivity index is 2.06. The van der Waals surface area contributed by atoms with E-state index in [-0.39, 0.29) is 0 Å². The van der Waals surface area contributed by atoms with E-state index in [1.165, 1.54) is 31.3 Å². The molecule has 3 nitrogen and oxygen atoms in total. The Morgan fingerprint density at radius 2 is 2.00 bits per heavy atom. The van der Waals surface area contributed by atoms with Gasteiger partial charge in [-0.3, -0.25) is 0 Å². The number of nitrogens with zero attached hydrogens (tertiary/aromatic N) is 1. The van der Waals surface area contributed by atoms with E-state index in [4.69, 9.17) is 0 Å². The van der Waals surface area contributed by atoms with Gasteiger partial charge in [0.1, 0.15) is 6.26 Å². The lowest BCUT2D eigenvalue weighted by Crippen LogP contribution is -2.03. The maximum atomic E-state index is 11.7. The summed E-state index contributed by atoms with van der Waals surface area (Å²) >= 11 is -0.991. The molecule has 0 aromatic heterocycles. The molecule has 112 valence electrons. The normalized spacial score (nSPS) is 23.2. The van der Waals surface area contributed by atoms with Gasteiger partial charge in [-0.2, -0.15) is 0 Å². The minimum absolute atomic E-state index is 0.634. The van der Waals surface area contributed by atoms with E-state index in [1.807, 2.05) is 24.3 Å². The zero-order valence-electron chi connectivity index (χ0n) is 12.3. The third-order valence-corrected chi connectivity index (χ3v) is 5.58. The molecule has 2 aliphatic rings. The van der Waals surface area contributed by atoms with Gasteiger partial charge in [0.05, 0.1) is 5.71 Å². The molecule has 3 rings (SSSR count). The Hall–Kier alpha value is -1.26. The van der Waals surface area contributed by atoms with Crippen LogP contribution in [-0.4, -0.2) is 21.7 Å². The highest BCUT2D eigenvalue weighted by Gasteiger charge is 2.30. The highest BCUT2D eigenvalue weighted by atomic mass is 32.2. The predicted molar refractivity (Wildman–Crippen MR) is 86.1 cm³/mol. The van der Waals surface area contributed by atoms with Crippen LogP contribution in [0.1, 0.15) is 44.1 Å². The van der Waals surface area contributed by atoms with Crippen LogP contribution in [0.25, 0.3) is 5.57 Å². The second-order valence-corrected chi connectivity index (χ2v) is 7.29. The van der Waals surface area contributed by atoms with Crippen LogP contribution in [0.5, 0.6) is 0 Å². The number of benzene rings is 1. The molecule has 1 saturated carbocycles. The highest BCUT2D eigenvalue weighted by Crippen LogP contribution is 2.42. The molecule has 1 fully saturated rings.